The van der Waals surface area contributed by atoms with Crippen molar-refractivity contribution < 1.29 is 24.0 Å². The lowest BCUT2D eigenvalue weighted by Gasteiger charge is -2.12. The minimum atomic E-state index is -1.20. The van der Waals surface area contributed by atoms with Crippen LogP contribution < -0.4 is 10.1 Å². The zero-order valence-electron chi connectivity index (χ0n) is 14.5. The summed E-state index contributed by atoms with van der Waals surface area (Å²) in [5.41, 5.74) is 0.558. The number of aromatic carboxylic acids is 1. The molecule has 0 aliphatic carbocycles. The molecule has 0 aliphatic heterocycles. The maximum Gasteiger partial charge on any atom is 0.341 e. The Bertz CT molecular complexity index is 925. The van der Waals surface area contributed by atoms with E-state index in [1.54, 1.807) is 49.5 Å². The molecule has 0 bridgehead atoms. The Morgan fingerprint density at radius 3 is 2.67 bits per heavy atom. The van der Waals surface area contributed by atoms with Crippen molar-refractivity contribution >= 4 is 11.9 Å². The lowest BCUT2D eigenvalue weighted by molar-refractivity contribution is -0.123. The summed E-state index contributed by atoms with van der Waals surface area (Å²) >= 11 is 0. The third kappa shape index (κ3) is 4.30. The maximum atomic E-state index is 12.1. The molecule has 0 saturated heterocycles. The third-order valence-electron chi connectivity index (χ3n) is 3.75. The number of carbonyl (C=O) groups excluding carboxylic acids is 1. The van der Waals surface area contributed by atoms with Gasteiger partial charge in [-0.15, -0.1) is 0 Å². The molecule has 8 nitrogen and oxygen atoms in total. The molecule has 2 heterocycles. The van der Waals surface area contributed by atoms with Gasteiger partial charge in [0, 0.05) is 18.0 Å². The van der Waals surface area contributed by atoms with Gasteiger partial charge in [0.2, 0.25) is 0 Å². The van der Waals surface area contributed by atoms with Crippen LogP contribution in [0.3, 0.4) is 0 Å². The van der Waals surface area contributed by atoms with Gasteiger partial charge in [-0.25, -0.2) is 4.79 Å². The average Bonchev–Trinajstić information content (AvgIpc) is 3.13. The van der Waals surface area contributed by atoms with Crippen molar-refractivity contribution in [3.63, 3.8) is 0 Å². The number of pyridine rings is 1. The number of ether oxygens (including phenoxy) is 1. The normalized spacial score (nSPS) is 11.6. The number of para-hydroxylation sites is 1. The second kappa shape index (κ2) is 8.13. The molecule has 1 unspecified atom stereocenters. The van der Waals surface area contributed by atoms with E-state index in [0.29, 0.717) is 11.3 Å². The Kier molecular flexibility index (Phi) is 5.46. The van der Waals surface area contributed by atoms with Crippen LogP contribution >= 0.6 is 0 Å². The summed E-state index contributed by atoms with van der Waals surface area (Å²) in [6.45, 7) is 1.40. The monoisotopic (exact) mass is 367 g/mol. The van der Waals surface area contributed by atoms with Crippen LogP contribution in [0, 0.1) is 0 Å². The predicted octanol–water partition coefficient (Wildman–Crippen LogP) is 2.69. The zero-order valence-corrected chi connectivity index (χ0v) is 14.5. The number of hydrogen-bond donors (Lipinski definition) is 2. The second-order valence-electron chi connectivity index (χ2n) is 5.71. The van der Waals surface area contributed by atoms with Gasteiger partial charge in [-0.05, 0) is 31.2 Å². The zero-order chi connectivity index (χ0) is 19.2. The molecule has 0 radical (unpaired) electrons. The van der Waals surface area contributed by atoms with Gasteiger partial charge in [-0.3, -0.25) is 9.78 Å². The van der Waals surface area contributed by atoms with Crippen LogP contribution in [-0.2, 0) is 4.79 Å². The molecule has 2 N–H and O–H groups in total. The molecular weight excluding hydrogens is 350 g/mol. The summed E-state index contributed by atoms with van der Waals surface area (Å²) in [7, 11) is 0. The van der Waals surface area contributed by atoms with Crippen LogP contribution in [0.5, 0.6) is 5.75 Å². The standard InChI is InChI=1S/C19H17N3O5/c1-12(21-15(23)11-26-14-7-3-2-4-8-14)18-16(19(24)25)17(22-27-18)13-6-5-9-20-10-13/h2-10,12H,11H2,1H3,(H,21,23)(H,24,25). The van der Waals surface area contributed by atoms with Crippen LogP contribution in [-0.4, -0.2) is 33.7 Å². The number of hydrogen-bond acceptors (Lipinski definition) is 6. The van der Waals surface area contributed by atoms with Crippen molar-refractivity contribution in [2.24, 2.45) is 0 Å². The summed E-state index contributed by atoms with van der Waals surface area (Å²) in [4.78, 5) is 27.8. The molecule has 27 heavy (non-hydrogen) atoms. The average molecular weight is 367 g/mol. The first-order valence-corrected chi connectivity index (χ1v) is 8.16. The molecular formula is C19H17N3O5. The van der Waals surface area contributed by atoms with E-state index >= 15 is 0 Å². The molecule has 138 valence electrons. The van der Waals surface area contributed by atoms with E-state index in [-0.39, 0.29) is 23.6 Å². The van der Waals surface area contributed by atoms with Crippen LogP contribution in [0.4, 0.5) is 0 Å². The molecule has 0 spiro atoms. The molecule has 0 aliphatic rings. The van der Waals surface area contributed by atoms with E-state index in [4.69, 9.17) is 9.26 Å². The number of carboxylic acids is 1. The Balaban J connectivity index is 1.73. The summed E-state index contributed by atoms with van der Waals surface area (Å²) < 4.78 is 10.6. The lowest BCUT2D eigenvalue weighted by Crippen LogP contribution is -2.31. The molecule has 0 fully saturated rings. The Morgan fingerprint density at radius 1 is 1.22 bits per heavy atom. The SMILES string of the molecule is CC(NC(=O)COc1ccccc1)c1onc(-c2cccnc2)c1C(=O)O. The highest BCUT2D eigenvalue weighted by molar-refractivity contribution is 5.96. The fraction of sp³-hybridized carbons (Fsp3) is 0.158. The third-order valence-corrected chi connectivity index (χ3v) is 3.75. The first-order valence-electron chi connectivity index (χ1n) is 8.16. The number of amides is 1. The van der Waals surface area contributed by atoms with Crippen molar-refractivity contribution in [3.8, 4) is 17.0 Å². The number of carboxylic acid groups (broad SMARTS) is 1. The fourth-order valence-corrected chi connectivity index (χ4v) is 2.52. The topological polar surface area (TPSA) is 115 Å². The minimum Gasteiger partial charge on any atom is -0.484 e. The number of aromatic nitrogens is 2. The van der Waals surface area contributed by atoms with Crippen molar-refractivity contribution in [3.05, 3.63) is 66.2 Å². The van der Waals surface area contributed by atoms with E-state index in [2.05, 4.69) is 15.5 Å². The van der Waals surface area contributed by atoms with Gasteiger partial charge < -0.3 is 19.7 Å². The van der Waals surface area contributed by atoms with Gasteiger partial charge in [-0.2, -0.15) is 0 Å². The number of rotatable bonds is 7. The summed E-state index contributed by atoms with van der Waals surface area (Å²) in [5.74, 6) is -1.01. The van der Waals surface area contributed by atoms with E-state index in [1.807, 2.05) is 6.07 Å². The van der Waals surface area contributed by atoms with E-state index in [9.17, 15) is 14.7 Å². The largest absolute Gasteiger partial charge is 0.484 e. The molecule has 1 atom stereocenters. The van der Waals surface area contributed by atoms with Gasteiger partial charge in [0.25, 0.3) is 5.91 Å². The first kappa shape index (κ1) is 18.1. The van der Waals surface area contributed by atoms with Gasteiger partial charge in [0.15, 0.2) is 12.4 Å². The van der Waals surface area contributed by atoms with Crippen LogP contribution in [0.2, 0.25) is 0 Å². The van der Waals surface area contributed by atoms with E-state index in [0.717, 1.165) is 0 Å². The Hall–Kier alpha value is -3.68. The van der Waals surface area contributed by atoms with Gasteiger partial charge >= 0.3 is 5.97 Å². The van der Waals surface area contributed by atoms with Crippen molar-refractivity contribution in [1.29, 1.82) is 0 Å². The second-order valence-corrected chi connectivity index (χ2v) is 5.71. The quantitative estimate of drug-likeness (QED) is 0.660. The Morgan fingerprint density at radius 2 is 2.00 bits per heavy atom. The van der Waals surface area contributed by atoms with Crippen molar-refractivity contribution in [2.45, 2.75) is 13.0 Å². The predicted molar refractivity (Wildman–Crippen MR) is 95.2 cm³/mol. The highest BCUT2D eigenvalue weighted by atomic mass is 16.5. The van der Waals surface area contributed by atoms with Crippen molar-refractivity contribution in [2.75, 3.05) is 6.61 Å². The van der Waals surface area contributed by atoms with Gasteiger partial charge in [-0.1, -0.05) is 23.4 Å². The molecule has 3 aromatic rings. The van der Waals surface area contributed by atoms with Gasteiger partial charge in [0.1, 0.15) is 17.0 Å². The molecule has 1 amide bonds. The fourth-order valence-electron chi connectivity index (χ4n) is 2.52. The summed E-state index contributed by atoms with van der Waals surface area (Å²) in [5, 5.41) is 16.1. The summed E-state index contributed by atoms with van der Waals surface area (Å²) in [6.07, 6.45) is 3.06. The number of nitrogens with zero attached hydrogens (tertiary/aromatic N) is 2. The molecule has 2 aromatic heterocycles. The molecule has 8 heteroatoms. The molecule has 1 aromatic carbocycles. The van der Waals surface area contributed by atoms with E-state index < -0.39 is 17.9 Å². The highest BCUT2D eigenvalue weighted by Crippen LogP contribution is 2.28. The molecule has 3 rings (SSSR count). The van der Waals surface area contributed by atoms with E-state index in [1.165, 1.54) is 6.20 Å². The number of nitrogens with one attached hydrogen (secondary N) is 1. The van der Waals surface area contributed by atoms with Crippen LogP contribution in [0.25, 0.3) is 11.3 Å². The minimum absolute atomic E-state index is 0.0504. The first-order chi connectivity index (χ1) is 13.1. The molecule has 0 saturated carbocycles. The van der Waals surface area contributed by atoms with Crippen LogP contribution in [0.15, 0.2) is 59.4 Å². The maximum absolute atomic E-state index is 12.1. The van der Waals surface area contributed by atoms with Crippen LogP contribution in [0.1, 0.15) is 29.1 Å². The van der Waals surface area contributed by atoms with Crippen molar-refractivity contribution in [1.82, 2.24) is 15.5 Å². The lowest BCUT2D eigenvalue weighted by atomic mass is 10.0. The summed E-state index contributed by atoms with van der Waals surface area (Å²) in [6, 6.07) is 11.5. The highest BCUT2D eigenvalue weighted by Gasteiger charge is 2.28. The Labute approximate surface area is 154 Å². The van der Waals surface area contributed by atoms with Gasteiger partial charge in [0.05, 0.1) is 6.04 Å². The number of benzene rings is 1. The smallest absolute Gasteiger partial charge is 0.341 e. The number of carbonyl (C=O) groups is 2.